The van der Waals surface area contributed by atoms with Crippen LogP contribution in [0.15, 0.2) is 24.5 Å². The number of fused-ring (bicyclic) bond motifs is 1. The molecule has 2 aromatic rings. The van der Waals surface area contributed by atoms with Gasteiger partial charge in [-0.15, -0.1) is 11.6 Å². The van der Waals surface area contributed by atoms with E-state index in [9.17, 15) is 0 Å². The van der Waals surface area contributed by atoms with E-state index >= 15 is 0 Å². The Morgan fingerprint density at radius 2 is 2.42 bits per heavy atom. The highest BCUT2D eigenvalue weighted by Crippen LogP contribution is 2.15. The van der Waals surface area contributed by atoms with Crippen LogP contribution in [0.25, 0.3) is 11.0 Å². The molecule has 0 bridgehead atoms. The third-order valence-electron chi connectivity index (χ3n) is 1.69. The second kappa shape index (κ2) is 3.03. The Hall–Kier alpha value is -1.22. The molecule has 0 spiro atoms. The molecule has 62 valence electrons. The molecule has 0 fully saturated rings. The van der Waals surface area contributed by atoms with Crippen molar-refractivity contribution < 1.29 is 0 Å². The molecule has 0 aliphatic rings. The minimum Gasteiger partial charge on any atom is -0.372 e. The van der Waals surface area contributed by atoms with Crippen LogP contribution in [0.3, 0.4) is 0 Å². The van der Waals surface area contributed by atoms with Crippen molar-refractivity contribution in [1.29, 1.82) is 0 Å². The fourth-order valence-electron chi connectivity index (χ4n) is 1.12. The van der Waals surface area contributed by atoms with Crippen molar-refractivity contribution in [2.24, 2.45) is 0 Å². The SMILES string of the molecule is ClCNc1ccc2nc[nH]c2c1. The zero-order chi connectivity index (χ0) is 8.39. The van der Waals surface area contributed by atoms with E-state index in [-0.39, 0.29) is 0 Å². The lowest BCUT2D eigenvalue weighted by Crippen LogP contribution is -1.92. The van der Waals surface area contributed by atoms with Crippen molar-refractivity contribution in [3.8, 4) is 0 Å². The van der Waals surface area contributed by atoms with Gasteiger partial charge in [0.25, 0.3) is 0 Å². The topological polar surface area (TPSA) is 40.7 Å². The Bertz CT molecular complexity index is 382. The number of imidazole rings is 1. The number of anilines is 1. The number of halogens is 1. The summed E-state index contributed by atoms with van der Waals surface area (Å²) in [6.45, 7) is 0. The maximum absolute atomic E-state index is 5.52. The average molecular weight is 182 g/mol. The van der Waals surface area contributed by atoms with E-state index in [1.54, 1.807) is 6.33 Å². The summed E-state index contributed by atoms with van der Waals surface area (Å²) in [5.74, 6) is 0. The smallest absolute Gasteiger partial charge is 0.0931 e. The molecule has 0 atom stereocenters. The summed E-state index contributed by atoms with van der Waals surface area (Å²) >= 11 is 5.52. The molecule has 0 saturated heterocycles. The number of aromatic nitrogens is 2. The molecule has 0 saturated carbocycles. The van der Waals surface area contributed by atoms with Gasteiger partial charge in [0.2, 0.25) is 0 Å². The van der Waals surface area contributed by atoms with Crippen LogP contribution >= 0.6 is 11.6 Å². The molecule has 0 unspecified atom stereocenters. The van der Waals surface area contributed by atoms with Gasteiger partial charge < -0.3 is 10.3 Å². The van der Waals surface area contributed by atoms with Gasteiger partial charge in [0.05, 0.1) is 23.4 Å². The largest absolute Gasteiger partial charge is 0.372 e. The number of hydrogen-bond acceptors (Lipinski definition) is 2. The maximum Gasteiger partial charge on any atom is 0.0931 e. The van der Waals surface area contributed by atoms with Crippen molar-refractivity contribution in [2.45, 2.75) is 0 Å². The van der Waals surface area contributed by atoms with Gasteiger partial charge in [0, 0.05) is 5.69 Å². The Morgan fingerprint density at radius 1 is 1.50 bits per heavy atom. The molecule has 1 aromatic heterocycles. The van der Waals surface area contributed by atoms with Crippen molar-refractivity contribution in [3.63, 3.8) is 0 Å². The minimum absolute atomic E-state index is 0.416. The molecule has 1 aromatic carbocycles. The van der Waals surface area contributed by atoms with Crippen LogP contribution < -0.4 is 5.32 Å². The highest BCUT2D eigenvalue weighted by Gasteiger charge is 1.95. The van der Waals surface area contributed by atoms with Crippen LogP contribution in [0.5, 0.6) is 0 Å². The van der Waals surface area contributed by atoms with Gasteiger partial charge in [-0.1, -0.05) is 0 Å². The standard InChI is InChI=1S/C8H8ClN3/c9-4-10-6-1-2-7-8(3-6)12-5-11-7/h1-3,5,10H,4H2,(H,11,12). The number of aromatic amines is 1. The molecule has 3 nitrogen and oxygen atoms in total. The van der Waals surface area contributed by atoms with E-state index in [1.807, 2.05) is 18.2 Å². The molecule has 0 amide bonds. The molecule has 4 heteroatoms. The van der Waals surface area contributed by atoms with Crippen LogP contribution in [0.4, 0.5) is 5.69 Å². The normalized spacial score (nSPS) is 10.4. The number of nitrogens with one attached hydrogen (secondary N) is 2. The highest BCUT2D eigenvalue weighted by molar-refractivity contribution is 6.18. The first-order chi connectivity index (χ1) is 5.90. The Kier molecular flexibility index (Phi) is 1.87. The lowest BCUT2D eigenvalue weighted by Gasteiger charge is -1.99. The summed E-state index contributed by atoms with van der Waals surface area (Å²) in [4.78, 5) is 7.13. The van der Waals surface area contributed by atoms with Gasteiger partial charge in [-0.3, -0.25) is 0 Å². The zero-order valence-corrected chi connectivity index (χ0v) is 7.10. The molecule has 0 aliphatic heterocycles. The Morgan fingerprint density at radius 3 is 3.25 bits per heavy atom. The van der Waals surface area contributed by atoms with Gasteiger partial charge in [-0.05, 0) is 18.2 Å². The monoisotopic (exact) mass is 181 g/mol. The minimum atomic E-state index is 0.416. The number of benzene rings is 1. The van der Waals surface area contributed by atoms with Crippen LogP contribution in [0.2, 0.25) is 0 Å². The molecule has 1 heterocycles. The van der Waals surface area contributed by atoms with Gasteiger partial charge in [-0.25, -0.2) is 4.98 Å². The Balaban J connectivity index is 2.46. The van der Waals surface area contributed by atoms with Crippen molar-refractivity contribution in [2.75, 3.05) is 11.3 Å². The van der Waals surface area contributed by atoms with Gasteiger partial charge in [0.15, 0.2) is 0 Å². The first-order valence-corrected chi connectivity index (χ1v) is 4.16. The quantitative estimate of drug-likeness (QED) is 0.551. The predicted octanol–water partition coefficient (Wildman–Crippen LogP) is 2.17. The van der Waals surface area contributed by atoms with E-state index in [1.165, 1.54) is 0 Å². The number of H-pyrrole nitrogens is 1. The first-order valence-electron chi connectivity index (χ1n) is 3.63. The van der Waals surface area contributed by atoms with E-state index in [4.69, 9.17) is 11.6 Å². The van der Waals surface area contributed by atoms with E-state index in [2.05, 4.69) is 15.3 Å². The van der Waals surface area contributed by atoms with Crippen LogP contribution in [-0.2, 0) is 0 Å². The van der Waals surface area contributed by atoms with Crippen molar-refractivity contribution >= 4 is 28.3 Å². The molecule has 0 aliphatic carbocycles. The second-order valence-corrected chi connectivity index (χ2v) is 2.71. The summed E-state index contributed by atoms with van der Waals surface area (Å²) in [7, 11) is 0. The molecule has 2 N–H and O–H groups in total. The highest BCUT2D eigenvalue weighted by atomic mass is 35.5. The summed E-state index contributed by atoms with van der Waals surface area (Å²) in [5, 5.41) is 3.01. The lowest BCUT2D eigenvalue weighted by atomic mass is 10.3. The van der Waals surface area contributed by atoms with Crippen LogP contribution in [0, 0.1) is 0 Å². The van der Waals surface area contributed by atoms with Crippen LogP contribution in [0.1, 0.15) is 0 Å². The van der Waals surface area contributed by atoms with E-state index in [0.29, 0.717) is 6.00 Å². The summed E-state index contributed by atoms with van der Waals surface area (Å²) in [6.07, 6.45) is 1.68. The third kappa shape index (κ3) is 1.23. The summed E-state index contributed by atoms with van der Waals surface area (Å²) in [6, 6.07) is 6.29. The summed E-state index contributed by atoms with van der Waals surface area (Å²) < 4.78 is 0. The molecule has 0 radical (unpaired) electrons. The average Bonchev–Trinajstić information content (AvgIpc) is 2.51. The lowest BCUT2D eigenvalue weighted by molar-refractivity contribution is 1.34. The molecular formula is C8H8ClN3. The van der Waals surface area contributed by atoms with Gasteiger partial charge in [-0.2, -0.15) is 0 Å². The number of hydrogen-bond donors (Lipinski definition) is 2. The van der Waals surface area contributed by atoms with E-state index < -0.39 is 0 Å². The van der Waals surface area contributed by atoms with Crippen molar-refractivity contribution in [1.82, 2.24) is 9.97 Å². The van der Waals surface area contributed by atoms with E-state index in [0.717, 1.165) is 16.7 Å². The second-order valence-electron chi connectivity index (χ2n) is 2.44. The van der Waals surface area contributed by atoms with Gasteiger partial charge >= 0.3 is 0 Å². The maximum atomic E-state index is 5.52. The zero-order valence-electron chi connectivity index (χ0n) is 6.34. The predicted molar refractivity (Wildman–Crippen MR) is 50.4 cm³/mol. The third-order valence-corrected chi connectivity index (χ3v) is 1.82. The number of nitrogens with zero attached hydrogens (tertiary/aromatic N) is 1. The molecule has 2 rings (SSSR count). The number of alkyl halides is 1. The molecular weight excluding hydrogens is 174 g/mol. The Labute approximate surface area is 74.8 Å². The first kappa shape index (κ1) is 7.43. The fourth-order valence-corrected chi connectivity index (χ4v) is 1.28. The molecule has 12 heavy (non-hydrogen) atoms. The fraction of sp³-hybridized carbons (Fsp3) is 0.125. The van der Waals surface area contributed by atoms with Crippen LogP contribution in [-0.4, -0.2) is 16.0 Å². The summed E-state index contributed by atoms with van der Waals surface area (Å²) in [5.41, 5.74) is 2.99. The van der Waals surface area contributed by atoms with Gasteiger partial charge in [0.1, 0.15) is 0 Å². The van der Waals surface area contributed by atoms with Crippen molar-refractivity contribution in [3.05, 3.63) is 24.5 Å². The number of rotatable bonds is 2.